The highest BCUT2D eigenvalue weighted by atomic mass is 35.6. The summed E-state index contributed by atoms with van der Waals surface area (Å²) in [6.45, 7) is 3.09. The molecule has 8 amide bonds. The van der Waals surface area contributed by atoms with Gasteiger partial charge in [0.15, 0.2) is 29.2 Å². The van der Waals surface area contributed by atoms with Crippen molar-refractivity contribution >= 4 is 105 Å². The zero-order chi connectivity index (χ0) is 66.7. The van der Waals surface area contributed by atoms with Crippen molar-refractivity contribution in [2.24, 2.45) is 17.1 Å². The predicted molar refractivity (Wildman–Crippen MR) is 345 cm³/mol. The molecule has 4 aliphatic heterocycles. The van der Waals surface area contributed by atoms with Gasteiger partial charge in [-0.25, -0.2) is 14.5 Å². The molecule has 93 heavy (non-hydrogen) atoms. The molecule has 4 aromatic rings. The van der Waals surface area contributed by atoms with E-state index >= 15 is 0 Å². The second-order valence-electron chi connectivity index (χ2n) is 23.6. The van der Waals surface area contributed by atoms with Gasteiger partial charge in [0.1, 0.15) is 31.0 Å². The lowest BCUT2D eigenvalue weighted by Crippen LogP contribution is -2.55. The van der Waals surface area contributed by atoms with Gasteiger partial charge in [-0.3, -0.25) is 28.8 Å². The Kier molecular flexibility index (Phi) is 22.6. The minimum atomic E-state index is -1.81. The molecule has 0 aromatic heterocycles. The summed E-state index contributed by atoms with van der Waals surface area (Å²) in [5.41, 5.74) is 9.19. The third-order valence-corrected chi connectivity index (χ3v) is 17.0. The predicted octanol–water partition coefficient (Wildman–Crippen LogP) is 6.62. The number of halogens is 3. The molecule has 1 saturated heterocycles. The Morgan fingerprint density at radius 1 is 0.785 bits per heavy atom. The molecule has 9 N–H and O–H groups in total. The summed E-state index contributed by atoms with van der Waals surface area (Å²) in [6, 6.07) is 17.4. The maximum Gasteiger partial charge on any atom is 0.416 e. The number of methoxy groups -OCH3 is 3. The van der Waals surface area contributed by atoms with E-state index in [-0.39, 0.29) is 79.4 Å². The van der Waals surface area contributed by atoms with Crippen molar-refractivity contribution < 1.29 is 76.6 Å². The number of nitrogens with one attached hydrogen (secondary N) is 6. The number of carbonyl (C=O) groups is 8. The van der Waals surface area contributed by atoms with Crippen molar-refractivity contribution in [3.8, 4) is 28.7 Å². The van der Waals surface area contributed by atoms with Crippen LogP contribution in [0.4, 0.5) is 26.7 Å². The fraction of sp³-hybridized carbons (Fsp3) is 0.469. The molecule has 1 aliphatic carbocycles. The summed E-state index contributed by atoms with van der Waals surface area (Å²) >= 11 is 17.0. The second-order valence-corrected chi connectivity index (χ2v) is 26.1. The lowest BCUT2D eigenvalue weighted by atomic mass is 10.0. The van der Waals surface area contributed by atoms with Gasteiger partial charge in [-0.1, -0.05) is 72.9 Å². The number of aliphatic hydroxyl groups excluding tert-OH is 1. The smallest absolute Gasteiger partial charge is 0.416 e. The lowest BCUT2D eigenvalue weighted by molar-refractivity contribution is -0.132. The van der Waals surface area contributed by atoms with E-state index in [1.54, 1.807) is 67.2 Å². The van der Waals surface area contributed by atoms with Crippen molar-refractivity contribution in [2.45, 2.75) is 106 Å². The minimum absolute atomic E-state index is 0.0435. The number of alkyl halides is 3. The Bertz CT molecular complexity index is 3460. The Labute approximate surface area is 552 Å². The van der Waals surface area contributed by atoms with Gasteiger partial charge in [0, 0.05) is 50.1 Å². The molecule has 500 valence electrons. The molecule has 5 aliphatic rings. The number of nitrogens with two attached hydrogens (primary N) is 1. The van der Waals surface area contributed by atoms with Gasteiger partial charge in [0.2, 0.25) is 27.4 Å². The standard InChI is InChI=1S/C64H77Cl3N10O16/c1-36(2)55(74-54(79)31-71-53(78)29-68)57(81)73-45(9-6-7-20-69-61(85)93-35-64(65,66)67)56(80)72-40-14-10-37(11-15-40)33-92-62(86)77-47-27-52(50(89-5)25-44(47)59(83)76-34-63(18-19-63)28-48(76)60(77)84)91-22-8-21-90-51-26-46-43(24-49(51)88-4)58(82)75-32-39(23-41(75)30-70-46)38-12-16-42(87-3)17-13-38/h10-17,24-27,32,36,41,45,48,55,60,70,84H,6-9,18-23,28-31,33-35,68H2,1-5H3,(H,69,85)(H,71,78)(H,72,80)(H,73,81)(H,74,79)/t41-,45-,48-,55-,60?/m0/s1. The van der Waals surface area contributed by atoms with Crippen LogP contribution < -0.4 is 66.2 Å². The second kappa shape index (κ2) is 30.5. The van der Waals surface area contributed by atoms with Crippen LogP contribution in [0.15, 0.2) is 79.0 Å². The number of hydrogen-bond acceptors (Lipinski definition) is 18. The highest BCUT2D eigenvalue weighted by Crippen LogP contribution is 2.57. The molecule has 4 aromatic carbocycles. The Morgan fingerprint density at radius 3 is 2.12 bits per heavy atom. The van der Waals surface area contributed by atoms with E-state index in [9.17, 15) is 43.5 Å². The largest absolute Gasteiger partial charge is 0.497 e. The van der Waals surface area contributed by atoms with E-state index in [0.29, 0.717) is 79.2 Å². The number of amides is 8. The molecule has 26 nitrogen and oxygen atoms in total. The number of fused-ring (bicyclic) bond motifs is 4. The van der Waals surface area contributed by atoms with Crippen molar-refractivity contribution in [1.82, 2.24) is 31.1 Å². The van der Waals surface area contributed by atoms with Crippen LogP contribution in [-0.2, 0) is 35.3 Å². The van der Waals surface area contributed by atoms with Crippen molar-refractivity contribution in [3.05, 3.63) is 101 Å². The summed E-state index contributed by atoms with van der Waals surface area (Å²) in [5.74, 6) is -1.62. The molecule has 1 saturated carbocycles. The summed E-state index contributed by atoms with van der Waals surface area (Å²) in [6.07, 6.45) is 2.56. The number of nitrogens with zero attached hydrogens (tertiary/aromatic N) is 3. The normalized spacial score (nSPS) is 18.2. The first-order chi connectivity index (χ1) is 44.5. The molecule has 1 spiro atoms. The number of unbranched alkanes of at least 4 members (excludes halogenated alkanes) is 1. The molecule has 29 heteroatoms. The number of alkyl carbamates (subject to hydrolysis) is 1. The van der Waals surface area contributed by atoms with E-state index in [1.807, 2.05) is 30.5 Å². The van der Waals surface area contributed by atoms with Gasteiger partial charge >= 0.3 is 12.2 Å². The van der Waals surface area contributed by atoms with Crippen LogP contribution in [-0.4, -0.2) is 171 Å². The first-order valence-corrected chi connectivity index (χ1v) is 31.6. The van der Waals surface area contributed by atoms with Gasteiger partial charge < -0.3 is 85.7 Å². The number of anilines is 3. The van der Waals surface area contributed by atoms with Crippen LogP contribution in [0.1, 0.15) is 97.1 Å². The van der Waals surface area contributed by atoms with Crippen LogP contribution in [0.25, 0.3) is 5.57 Å². The zero-order valence-electron chi connectivity index (χ0n) is 52.1. The van der Waals surface area contributed by atoms with Crippen LogP contribution in [0, 0.1) is 11.3 Å². The number of carbonyl (C=O) groups excluding carboxylic acids is 8. The Morgan fingerprint density at radius 2 is 1.47 bits per heavy atom. The van der Waals surface area contributed by atoms with Crippen LogP contribution in [0.3, 0.4) is 0 Å². The van der Waals surface area contributed by atoms with Crippen LogP contribution in [0.2, 0.25) is 0 Å². The van der Waals surface area contributed by atoms with E-state index in [2.05, 4.69) is 31.9 Å². The number of benzene rings is 4. The first-order valence-electron chi connectivity index (χ1n) is 30.5. The minimum Gasteiger partial charge on any atom is -0.497 e. The Hall–Kier alpha value is -8.43. The zero-order valence-corrected chi connectivity index (χ0v) is 54.4. The third kappa shape index (κ3) is 17.2. The molecular formula is C64H77Cl3N10O16. The molecule has 1 unspecified atom stereocenters. The van der Waals surface area contributed by atoms with E-state index in [0.717, 1.165) is 34.6 Å². The highest BCUT2D eigenvalue weighted by Gasteiger charge is 2.58. The quantitative estimate of drug-likeness (QED) is 0.0230. The summed E-state index contributed by atoms with van der Waals surface area (Å²) in [4.78, 5) is 112. The van der Waals surface area contributed by atoms with Crippen LogP contribution >= 0.6 is 34.8 Å². The van der Waals surface area contributed by atoms with Crippen LogP contribution in [0.5, 0.6) is 28.7 Å². The molecule has 4 heterocycles. The van der Waals surface area contributed by atoms with E-state index in [4.69, 9.17) is 73.7 Å². The van der Waals surface area contributed by atoms with E-state index in [1.165, 1.54) is 26.4 Å². The van der Waals surface area contributed by atoms with Gasteiger partial charge in [0.05, 0.1) is 82.2 Å². The molecule has 0 radical (unpaired) electrons. The Balaban J connectivity index is 0.841. The van der Waals surface area contributed by atoms with Gasteiger partial charge in [0.25, 0.3) is 11.8 Å². The third-order valence-electron chi connectivity index (χ3n) is 16.7. The average molecular weight is 1350 g/mol. The molecule has 2 fully saturated rings. The lowest BCUT2D eigenvalue weighted by Gasteiger charge is -2.31. The van der Waals surface area contributed by atoms with Crippen molar-refractivity contribution in [1.29, 1.82) is 0 Å². The molecule has 9 rings (SSSR count). The average Bonchev–Trinajstić information content (AvgIpc) is 1.57. The fourth-order valence-corrected chi connectivity index (χ4v) is 11.7. The maximum atomic E-state index is 14.5. The first kappa shape index (κ1) is 68.9. The summed E-state index contributed by atoms with van der Waals surface area (Å²) in [7, 11) is 4.55. The highest BCUT2D eigenvalue weighted by molar-refractivity contribution is 6.67. The number of hydrogen-bond donors (Lipinski definition) is 8. The maximum absolute atomic E-state index is 14.5. The van der Waals surface area contributed by atoms with Crippen molar-refractivity contribution in [2.75, 3.05) is 89.4 Å². The molecule has 0 bridgehead atoms. The van der Waals surface area contributed by atoms with Gasteiger partial charge in [-0.05, 0) is 109 Å². The molecule has 5 atom stereocenters. The number of ether oxygens (including phenoxy) is 7. The molecular weight excluding hydrogens is 1270 g/mol. The summed E-state index contributed by atoms with van der Waals surface area (Å²) in [5, 5.41) is 28.7. The number of aliphatic hydroxyl groups is 1. The fourth-order valence-electron chi connectivity index (χ4n) is 11.5. The SMILES string of the molecule is COc1ccc(C2=CN3C(=O)c4cc(OC)c(OCCCOc5cc6c(cc5OC)C(=O)N5CC7(CC7)C[C@H]5C(O)N6C(=O)OCc5ccc(NC(=O)[C@H](CCCCNC(=O)OCC(Cl)(Cl)Cl)NC(=O)[C@@H](NC(=O)CNC(=O)CN)C(C)C)cc5)cc4NC[C@@H]3C2)cc1. The van der Waals surface area contributed by atoms with Crippen molar-refractivity contribution in [3.63, 3.8) is 0 Å². The topological polar surface area (TPSA) is 329 Å². The van der Waals surface area contributed by atoms with E-state index < -0.39 is 88.9 Å². The summed E-state index contributed by atoms with van der Waals surface area (Å²) < 4.78 is 38.3. The van der Waals surface area contributed by atoms with Gasteiger partial charge in [-0.2, -0.15) is 0 Å². The van der Waals surface area contributed by atoms with Gasteiger partial charge in [-0.15, -0.1) is 0 Å². The number of rotatable bonds is 27. The monoisotopic (exact) mass is 1350 g/mol.